The molecule has 0 radical (unpaired) electrons. The van der Waals surface area contributed by atoms with Crippen molar-refractivity contribution in [1.82, 2.24) is 0 Å². The Hall–Kier alpha value is 1.05. The third kappa shape index (κ3) is 6.94. The van der Waals surface area contributed by atoms with Gasteiger partial charge in [-0.1, -0.05) is 35.4 Å². The van der Waals surface area contributed by atoms with Gasteiger partial charge in [0.1, 0.15) is 0 Å². The Balaban J connectivity index is 2.95. The van der Waals surface area contributed by atoms with Gasteiger partial charge in [-0.15, -0.1) is 11.8 Å². The first-order valence-corrected chi connectivity index (χ1v) is 6.64. The fourth-order valence-corrected chi connectivity index (χ4v) is 3.84. The summed E-state index contributed by atoms with van der Waals surface area (Å²) in [6.45, 7) is 6.67. The van der Waals surface area contributed by atoms with Crippen LogP contribution < -0.4 is 0 Å². The maximum atomic E-state index is 2.27. The Morgan fingerprint density at radius 2 is 1.89 bits per heavy atom. The molecule has 0 aromatic carbocycles. The summed E-state index contributed by atoms with van der Waals surface area (Å²) in [5.41, 5.74) is 0. The van der Waals surface area contributed by atoms with Crippen LogP contribution in [0.3, 0.4) is 0 Å². The van der Waals surface area contributed by atoms with Crippen molar-refractivity contribution in [2.75, 3.05) is 11.5 Å². The van der Waals surface area contributed by atoms with Crippen molar-refractivity contribution < 1.29 is 0 Å². The van der Waals surface area contributed by atoms with E-state index in [1.807, 2.05) is 33.3 Å². The summed E-state index contributed by atoms with van der Waals surface area (Å²) in [6, 6.07) is 0. The molecule has 0 heterocycles. The first-order valence-electron chi connectivity index (χ1n) is 3.21. The average molecular weight is 182 g/mol. The number of hydrogen-bond acceptors (Lipinski definition) is 3. The third-order valence-electron chi connectivity index (χ3n) is 0.723. The van der Waals surface area contributed by atoms with Crippen LogP contribution in [0, 0.1) is 0 Å². The van der Waals surface area contributed by atoms with Gasteiger partial charge in [0.25, 0.3) is 0 Å². The molecule has 0 bridgehead atoms. The van der Waals surface area contributed by atoms with E-state index in [1.165, 1.54) is 11.5 Å². The monoisotopic (exact) mass is 182 g/mol. The van der Waals surface area contributed by atoms with Crippen molar-refractivity contribution >= 4 is 33.3 Å². The largest absolute Gasteiger partial charge is 0.147 e. The summed E-state index contributed by atoms with van der Waals surface area (Å²) in [5.74, 6) is 2.46. The lowest BCUT2D eigenvalue weighted by Crippen LogP contribution is -1.85. The summed E-state index contributed by atoms with van der Waals surface area (Å²) in [5, 5.41) is 0. The van der Waals surface area contributed by atoms with E-state index in [9.17, 15) is 0 Å². The molecule has 0 aliphatic rings. The molecule has 3 heteroatoms. The summed E-state index contributed by atoms with van der Waals surface area (Å²) >= 11 is 2.01. The highest BCUT2D eigenvalue weighted by Crippen LogP contribution is 2.32. The molecule has 0 rings (SSSR count). The van der Waals surface area contributed by atoms with Gasteiger partial charge in [-0.3, -0.25) is 0 Å². The summed E-state index contributed by atoms with van der Waals surface area (Å²) < 4.78 is 0.764. The molecule has 1 unspecified atom stereocenters. The van der Waals surface area contributed by atoms with E-state index in [4.69, 9.17) is 0 Å². The molecule has 1 atom stereocenters. The average Bonchev–Trinajstić information content (AvgIpc) is 1.85. The maximum Gasteiger partial charge on any atom is 0.0577 e. The molecule has 9 heavy (non-hydrogen) atoms. The van der Waals surface area contributed by atoms with Gasteiger partial charge in [0.2, 0.25) is 0 Å². The minimum Gasteiger partial charge on any atom is -0.147 e. The van der Waals surface area contributed by atoms with Crippen molar-refractivity contribution in [3.63, 3.8) is 0 Å². The molecule has 0 aliphatic heterocycles. The number of hydrogen-bond donors (Lipinski definition) is 0. The summed E-state index contributed by atoms with van der Waals surface area (Å²) in [4.78, 5) is 0. The second-order valence-electron chi connectivity index (χ2n) is 1.53. The van der Waals surface area contributed by atoms with E-state index in [0.717, 1.165) is 4.58 Å². The molecule has 56 valence electrons. The quantitative estimate of drug-likeness (QED) is 0.472. The lowest BCUT2D eigenvalue weighted by molar-refractivity contribution is 1.40. The van der Waals surface area contributed by atoms with Crippen LogP contribution in [0.5, 0.6) is 0 Å². The first kappa shape index (κ1) is 10.0. The van der Waals surface area contributed by atoms with Crippen LogP contribution in [-0.2, 0) is 0 Å². The van der Waals surface area contributed by atoms with Crippen molar-refractivity contribution in [2.45, 2.75) is 25.4 Å². The fraction of sp³-hybridized carbons (Fsp3) is 1.00. The van der Waals surface area contributed by atoms with Crippen LogP contribution >= 0.6 is 33.3 Å². The molecule has 0 amide bonds. The molecule has 0 fully saturated rings. The molecule has 0 saturated heterocycles. The van der Waals surface area contributed by atoms with Crippen LogP contribution in [0.25, 0.3) is 0 Å². The molecule has 0 saturated carbocycles. The molecule has 0 aromatic heterocycles. The minimum atomic E-state index is 0.764. The predicted molar refractivity (Wildman–Crippen MR) is 53.3 cm³/mol. The van der Waals surface area contributed by atoms with E-state index in [1.54, 1.807) is 0 Å². The van der Waals surface area contributed by atoms with E-state index in [0.29, 0.717) is 0 Å². The Morgan fingerprint density at radius 1 is 1.22 bits per heavy atom. The van der Waals surface area contributed by atoms with E-state index < -0.39 is 0 Å². The maximum absolute atomic E-state index is 2.27. The van der Waals surface area contributed by atoms with Gasteiger partial charge < -0.3 is 0 Å². The number of rotatable bonds is 5. The summed E-state index contributed by atoms with van der Waals surface area (Å²) in [6.07, 6.45) is 0. The fourth-order valence-electron chi connectivity index (χ4n) is 0.426. The molecule has 0 spiro atoms. The van der Waals surface area contributed by atoms with E-state index in [2.05, 4.69) is 20.8 Å². The van der Waals surface area contributed by atoms with Crippen LogP contribution in [0.4, 0.5) is 0 Å². The molecule has 0 nitrogen and oxygen atoms in total. The SMILES string of the molecule is CCSSC(C)SCC. The van der Waals surface area contributed by atoms with Gasteiger partial charge in [-0.2, -0.15) is 0 Å². The van der Waals surface area contributed by atoms with Gasteiger partial charge in [-0.25, -0.2) is 0 Å². The highest BCUT2D eigenvalue weighted by atomic mass is 33.1. The Morgan fingerprint density at radius 3 is 2.33 bits per heavy atom. The lowest BCUT2D eigenvalue weighted by atomic mass is 10.9. The molecule has 0 N–H and O–H groups in total. The zero-order chi connectivity index (χ0) is 7.11. The first-order chi connectivity index (χ1) is 4.31. The van der Waals surface area contributed by atoms with E-state index in [-0.39, 0.29) is 0 Å². The minimum absolute atomic E-state index is 0.764. The molecule has 0 aromatic rings. The van der Waals surface area contributed by atoms with Gasteiger partial charge in [0.05, 0.1) is 4.58 Å². The van der Waals surface area contributed by atoms with Gasteiger partial charge in [0, 0.05) is 5.75 Å². The Kier molecular flexibility index (Phi) is 8.00. The van der Waals surface area contributed by atoms with E-state index >= 15 is 0 Å². The topological polar surface area (TPSA) is 0 Å². The van der Waals surface area contributed by atoms with Crippen LogP contribution in [0.15, 0.2) is 0 Å². The van der Waals surface area contributed by atoms with Gasteiger partial charge >= 0.3 is 0 Å². The van der Waals surface area contributed by atoms with Crippen molar-refractivity contribution in [3.05, 3.63) is 0 Å². The normalized spacial score (nSPS) is 13.7. The second kappa shape index (κ2) is 7.16. The molecular formula is C6H14S3. The van der Waals surface area contributed by atoms with Crippen LogP contribution in [0.2, 0.25) is 0 Å². The van der Waals surface area contributed by atoms with Crippen LogP contribution in [-0.4, -0.2) is 16.1 Å². The van der Waals surface area contributed by atoms with Crippen LogP contribution in [0.1, 0.15) is 20.8 Å². The zero-order valence-corrected chi connectivity index (χ0v) is 8.67. The smallest absolute Gasteiger partial charge is 0.0577 e. The molecular weight excluding hydrogens is 168 g/mol. The zero-order valence-electron chi connectivity index (χ0n) is 6.22. The highest BCUT2D eigenvalue weighted by molar-refractivity contribution is 8.78. The Labute approximate surface area is 70.3 Å². The second-order valence-corrected chi connectivity index (χ2v) is 6.44. The lowest BCUT2D eigenvalue weighted by Gasteiger charge is -2.05. The predicted octanol–water partition coefficient (Wildman–Crippen LogP) is 3.49. The van der Waals surface area contributed by atoms with Crippen molar-refractivity contribution in [1.29, 1.82) is 0 Å². The summed E-state index contributed by atoms with van der Waals surface area (Å²) in [7, 11) is 3.93. The van der Waals surface area contributed by atoms with Crippen molar-refractivity contribution in [3.8, 4) is 0 Å². The highest BCUT2D eigenvalue weighted by Gasteiger charge is 1.98. The standard InChI is InChI=1S/C6H14S3/c1-4-7-6(3)9-8-5-2/h6H,4-5H2,1-3H3. The van der Waals surface area contributed by atoms with Crippen molar-refractivity contribution in [2.24, 2.45) is 0 Å². The van der Waals surface area contributed by atoms with Gasteiger partial charge in [-0.05, 0) is 12.7 Å². The third-order valence-corrected chi connectivity index (χ3v) is 5.21. The van der Waals surface area contributed by atoms with Gasteiger partial charge in [0.15, 0.2) is 0 Å². The number of thioether (sulfide) groups is 1. The molecule has 0 aliphatic carbocycles. The Bertz CT molecular complexity index is 56.3.